The Labute approximate surface area is 104 Å². The molecule has 4 heteroatoms. The zero-order valence-electron chi connectivity index (χ0n) is 11.6. The van der Waals surface area contributed by atoms with Crippen LogP contribution in [0.5, 0.6) is 0 Å². The molecule has 1 aromatic rings. The maximum Gasteiger partial charge on any atom is 0.147 e. The number of nitrogens with zero attached hydrogens (tertiary/aromatic N) is 3. The molecule has 96 valence electrons. The minimum atomic E-state index is 0.258. The monoisotopic (exact) mass is 236 g/mol. The molecule has 1 heterocycles. The van der Waals surface area contributed by atoms with Crippen LogP contribution in [0.3, 0.4) is 0 Å². The molecule has 0 radical (unpaired) electrons. The molecule has 0 aliphatic rings. The van der Waals surface area contributed by atoms with Crippen molar-refractivity contribution in [1.82, 2.24) is 15.3 Å². The van der Waals surface area contributed by atoms with Crippen molar-refractivity contribution in [3.63, 3.8) is 0 Å². The van der Waals surface area contributed by atoms with Crippen LogP contribution >= 0.6 is 0 Å². The van der Waals surface area contributed by atoms with E-state index in [0.29, 0.717) is 0 Å². The third-order valence-electron chi connectivity index (χ3n) is 2.33. The van der Waals surface area contributed by atoms with Crippen molar-refractivity contribution >= 4 is 5.82 Å². The van der Waals surface area contributed by atoms with Gasteiger partial charge >= 0.3 is 0 Å². The largest absolute Gasteiger partial charge is 0.358 e. The van der Waals surface area contributed by atoms with Crippen molar-refractivity contribution < 1.29 is 0 Å². The second-order valence-electron chi connectivity index (χ2n) is 5.57. The molecular weight excluding hydrogens is 212 g/mol. The van der Waals surface area contributed by atoms with Crippen LogP contribution in [0.15, 0.2) is 12.4 Å². The lowest BCUT2D eigenvalue weighted by Gasteiger charge is -2.27. The van der Waals surface area contributed by atoms with Gasteiger partial charge in [-0.15, -0.1) is 0 Å². The molecule has 0 saturated carbocycles. The molecule has 0 saturated heterocycles. The predicted molar refractivity (Wildman–Crippen MR) is 72.1 cm³/mol. The summed E-state index contributed by atoms with van der Waals surface area (Å²) in [4.78, 5) is 11.0. The normalized spacial score (nSPS) is 11.6. The van der Waals surface area contributed by atoms with E-state index in [9.17, 15) is 0 Å². The molecule has 1 rings (SSSR count). The quantitative estimate of drug-likeness (QED) is 0.849. The van der Waals surface area contributed by atoms with Crippen LogP contribution in [-0.4, -0.2) is 30.1 Å². The smallest absolute Gasteiger partial charge is 0.147 e. The van der Waals surface area contributed by atoms with Gasteiger partial charge in [-0.25, -0.2) is 4.98 Å². The average Bonchev–Trinajstić information content (AvgIpc) is 2.24. The van der Waals surface area contributed by atoms with Crippen molar-refractivity contribution in [2.24, 2.45) is 5.41 Å². The first-order valence-corrected chi connectivity index (χ1v) is 6.15. The predicted octanol–water partition coefficient (Wildman–Crippen LogP) is 2.07. The van der Waals surface area contributed by atoms with Gasteiger partial charge in [0.05, 0.1) is 11.9 Å². The SMILES string of the molecule is CCNCc1cncc(N(C)CC(C)(C)C)n1. The summed E-state index contributed by atoms with van der Waals surface area (Å²) < 4.78 is 0. The first kappa shape index (κ1) is 13.9. The third kappa shape index (κ3) is 5.13. The van der Waals surface area contributed by atoms with Crippen LogP contribution in [0, 0.1) is 5.41 Å². The van der Waals surface area contributed by atoms with Gasteiger partial charge in [0.25, 0.3) is 0 Å². The maximum absolute atomic E-state index is 4.60. The van der Waals surface area contributed by atoms with E-state index in [2.05, 4.69) is 54.9 Å². The zero-order valence-corrected chi connectivity index (χ0v) is 11.6. The van der Waals surface area contributed by atoms with Gasteiger partial charge < -0.3 is 10.2 Å². The number of hydrogen-bond donors (Lipinski definition) is 1. The fourth-order valence-electron chi connectivity index (χ4n) is 1.71. The topological polar surface area (TPSA) is 41.1 Å². The minimum Gasteiger partial charge on any atom is -0.358 e. The Kier molecular flexibility index (Phi) is 4.87. The molecule has 0 bridgehead atoms. The Balaban J connectivity index is 2.70. The summed E-state index contributed by atoms with van der Waals surface area (Å²) in [5.74, 6) is 0.940. The van der Waals surface area contributed by atoms with Crippen molar-refractivity contribution in [2.45, 2.75) is 34.2 Å². The van der Waals surface area contributed by atoms with E-state index in [1.807, 2.05) is 12.4 Å². The Morgan fingerprint density at radius 2 is 2.00 bits per heavy atom. The molecule has 0 amide bonds. The molecule has 1 N–H and O–H groups in total. The summed E-state index contributed by atoms with van der Waals surface area (Å²) in [5.41, 5.74) is 1.25. The molecule has 0 aliphatic heterocycles. The van der Waals surface area contributed by atoms with Crippen LogP contribution in [0.2, 0.25) is 0 Å². The summed E-state index contributed by atoms with van der Waals surface area (Å²) in [6.07, 6.45) is 3.64. The fourth-order valence-corrected chi connectivity index (χ4v) is 1.71. The van der Waals surface area contributed by atoms with Crippen LogP contribution in [0.4, 0.5) is 5.82 Å². The van der Waals surface area contributed by atoms with Crippen molar-refractivity contribution in [3.05, 3.63) is 18.1 Å². The van der Waals surface area contributed by atoms with E-state index in [1.165, 1.54) is 0 Å². The van der Waals surface area contributed by atoms with E-state index in [-0.39, 0.29) is 5.41 Å². The Bertz CT molecular complexity index is 344. The average molecular weight is 236 g/mol. The molecule has 17 heavy (non-hydrogen) atoms. The van der Waals surface area contributed by atoms with Gasteiger partial charge in [-0.3, -0.25) is 4.98 Å². The first-order valence-electron chi connectivity index (χ1n) is 6.15. The van der Waals surface area contributed by atoms with Gasteiger partial charge in [0.2, 0.25) is 0 Å². The van der Waals surface area contributed by atoms with Crippen molar-refractivity contribution in [2.75, 3.05) is 25.0 Å². The lowest BCUT2D eigenvalue weighted by atomic mass is 9.96. The second kappa shape index (κ2) is 5.96. The summed E-state index contributed by atoms with van der Waals surface area (Å²) in [5, 5.41) is 3.26. The molecule has 0 atom stereocenters. The van der Waals surface area contributed by atoms with Crippen LogP contribution in [-0.2, 0) is 6.54 Å². The molecule has 0 unspecified atom stereocenters. The minimum absolute atomic E-state index is 0.258. The summed E-state index contributed by atoms with van der Waals surface area (Å²) in [6.45, 7) is 11.4. The number of aromatic nitrogens is 2. The van der Waals surface area contributed by atoms with E-state index in [1.54, 1.807) is 0 Å². The Morgan fingerprint density at radius 1 is 1.29 bits per heavy atom. The highest BCUT2D eigenvalue weighted by Gasteiger charge is 2.15. The number of hydrogen-bond acceptors (Lipinski definition) is 4. The zero-order chi connectivity index (χ0) is 12.9. The first-order chi connectivity index (χ1) is 7.92. The third-order valence-corrected chi connectivity index (χ3v) is 2.33. The van der Waals surface area contributed by atoms with Crippen LogP contribution < -0.4 is 10.2 Å². The highest BCUT2D eigenvalue weighted by Crippen LogP contribution is 2.18. The van der Waals surface area contributed by atoms with Gasteiger partial charge in [0.15, 0.2) is 0 Å². The molecular formula is C13H24N4. The lowest BCUT2D eigenvalue weighted by Crippen LogP contribution is -2.30. The van der Waals surface area contributed by atoms with Crippen molar-refractivity contribution in [3.8, 4) is 0 Å². The highest BCUT2D eigenvalue weighted by molar-refractivity contribution is 5.35. The van der Waals surface area contributed by atoms with Gasteiger partial charge in [-0.05, 0) is 12.0 Å². The summed E-state index contributed by atoms with van der Waals surface area (Å²) in [6, 6.07) is 0. The Hall–Kier alpha value is -1.16. The molecule has 4 nitrogen and oxygen atoms in total. The molecule has 1 aromatic heterocycles. The molecule has 0 aromatic carbocycles. The highest BCUT2D eigenvalue weighted by atomic mass is 15.2. The van der Waals surface area contributed by atoms with E-state index < -0.39 is 0 Å². The molecule has 0 aliphatic carbocycles. The fraction of sp³-hybridized carbons (Fsp3) is 0.692. The van der Waals surface area contributed by atoms with Gasteiger partial charge in [0, 0.05) is 26.3 Å². The lowest BCUT2D eigenvalue weighted by molar-refractivity contribution is 0.417. The van der Waals surface area contributed by atoms with Gasteiger partial charge in [0.1, 0.15) is 5.82 Å². The molecule has 0 fully saturated rings. The maximum atomic E-state index is 4.60. The number of anilines is 1. The summed E-state index contributed by atoms with van der Waals surface area (Å²) in [7, 11) is 2.06. The van der Waals surface area contributed by atoms with Crippen LogP contribution in [0.1, 0.15) is 33.4 Å². The van der Waals surface area contributed by atoms with E-state index >= 15 is 0 Å². The van der Waals surface area contributed by atoms with Crippen molar-refractivity contribution in [1.29, 1.82) is 0 Å². The molecule has 0 spiro atoms. The van der Waals surface area contributed by atoms with E-state index in [0.717, 1.165) is 31.1 Å². The van der Waals surface area contributed by atoms with Crippen LogP contribution in [0.25, 0.3) is 0 Å². The van der Waals surface area contributed by atoms with Gasteiger partial charge in [-0.2, -0.15) is 0 Å². The van der Waals surface area contributed by atoms with Gasteiger partial charge in [-0.1, -0.05) is 27.7 Å². The number of nitrogens with one attached hydrogen (secondary N) is 1. The number of rotatable bonds is 5. The second-order valence-corrected chi connectivity index (χ2v) is 5.57. The Morgan fingerprint density at radius 3 is 2.59 bits per heavy atom. The summed E-state index contributed by atoms with van der Waals surface area (Å²) >= 11 is 0. The standard InChI is InChI=1S/C13H24N4/c1-6-14-7-11-8-15-9-12(16-11)17(5)10-13(2,3)4/h8-9,14H,6-7,10H2,1-5H3. The van der Waals surface area contributed by atoms with E-state index in [4.69, 9.17) is 0 Å².